The van der Waals surface area contributed by atoms with E-state index in [0.717, 1.165) is 32.6 Å². The lowest BCUT2D eigenvalue weighted by molar-refractivity contribution is -0.162. The summed E-state index contributed by atoms with van der Waals surface area (Å²) in [5.74, 6) is -6.10. The van der Waals surface area contributed by atoms with Gasteiger partial charge in [0.2, 0.25) is 18.0 Å². The average molecular weight is 720 g/mol. The number of aromatic nitrogens is 3. The maximum atomic E-state index is 13.8. The van der Waals surface area contributed by atoms with E-state index in [4.69, 9.17) is 12.2 Å². The maximum Gasteiger partial charge on any atom is 0.353 e. The van der Waals surface area contributed by atoms with Crippen molar-refractivity contribution < 1.29 is 38.7 Å². The van der Waals surface area contributed by atoms with Crippen molar-refractivity contribution >= 4 is 82.2 Å². The number of carbonyl (C=O) groups is 7. The molecule has 2 aromatic heterocycles. The number of aromatic amines is 1. The van der Waals surface area contributed by atoms with Gasteiger partial charge in [-0.1, -0.05) is 18.3 Å². The summed E-state index contributed by atoms with van der Waals surface area (Å²) in [4.78, 5) is 117. The van der Waals surface area contributed by atoms with Gasteiger partial charge in [-0.05, 0) is 18.4 Å². The van der Waals surface area contributed by atoms with Crippen LogP contribution in [0.25, 0.3) is 0 Å². The van der Waals surface area contributed by atoms with Gasteiger partial charge < -0.3 is 26.0 Å². The quantitative estimate of drug-likeness (QED) is 0.0416. The molecule has 48 heavy (non-hydrogen) atoms. The summed E-state index contributed by atoms with van der Waals surface area (Å²) in [7, 11) is 1.21. The highest BCUT2D eigenvalue weighted by molar-refractivity contribution is 8.00. The number of fused-ring (bicyclic) bond motifs is 1. The summed E-state index contributed by atoms with van der Waals surface area (Å²) >= 11 is 7.38. The molecule has 3 aliphatic heterocycles. The van der Waals surface area contributed by atoms with Gasteiger partial charge in [0.25, 0.3) is 5.91 Å². The van der Waals surface area contributed by atoms with E-state index in [2.05, 4.69) is 21.0 Å². The van der Waals surface area contributed by atoms with Gasteiger partial charge in [0.05, 0.1) is 4.86 Å². The lowest BCUT2D eigenvalue weighted by Crippen LogP contribution is -2.85. The Morgan fingerprint density at radius 3 is 2.56 bits per heavy atom. The second-order valence-electron chi connectivity index (χ2n) is 10.3. The zero-order chi connectivity index (χ0) is 35.1. The topological polar surface area (TPSA) is 253 Å². The van der Waals surface area contributed by atoms with Crippen molar-refractivity contribution in [2.24, 2.45) is 7.05 Å². The number of thioether (sulfide) groups is 1. The predicted molar refractivity (Wildman–Crippen MR) is 169 cm³/mol. The first-order valence-corrected chi connectivity index (χ1v) is 16.2. The number of carboxylic acids is 1. The number of thiophene rings is 1. The summed E-state index contributed by atoms with van der Waals surface area (Å²) < 4.78 is 0.826. The predicted octanol–water partition coefficient (Wildman–Crippen LogP) is -2.80. The van der Waals surface area contributed by atoms with Crippen molar-refractivity contribution in [2.75, 3.05) is 25.4 Å². The van der Waals surface area contributed by atoms with Gasteiger partial charge in [0.1, 0.15) is 17.1 Å². The van der Waals surface area contributed by atoms with Gasteiger partial charge >= 0.3 is 34.9 Å². The van der Waals surface area contributed by atoms with Gasteiger partial charge in [-0.25, -0.2) is 14.7 Å². The molecule has 0 aliphatic carbocycles. The number of carbonyl (C=O) groups excluding carboxylic acids is 6. The van der Waals surface area contributed by atoms with E-state index < -0.39 is 69.5 Å². The van der Waals surface area contributed by atoms with Crippen LogP contribution in [0, 0.1) is 0 Å². The van der Waals surface area contributed by atoms with Crippen LogP contribution in [0.1, 0.15) is 23.7 Å². The van der Waals surface area contributed by atoms with Crippen LogP contribution in [-0.4, -0.2) is 118 Å². The Hall–Kier alpha value is -5.22. The third-order valence-electron chi connectivity index (χ3n) is 7.73. The number of nitrogens with zero attached hydrogens (tertiary/aromatic N) is 5. The van der Waals surface area contributed by atoms with Crippen LogP contribution < -0.4 is 27.1 Å². The van der Waals surface area contributed by atoms with Crippen LogP contribution in [0.4, 0.5) is 4.79 Å². The van der Waals surface area contributed by atoms with Crippen LogP contribution in [0.5, 0.6) is 0 Å². The molecule has 0 bridgehead atoms. The first kappa shape index (κ1) is 34.1. The van der Waals surface area contributed by atoms with Gasteiger partial charge in [-0.2, -0.15) is 5.10 Å². The number of H-pyrrole nitrogens is 1. The fraction of sp³-hybridized carbons (Fsp3) is 0.346. The Bertz CT molecular complexity index is 1920. The summed E-state index contributed by atoms with van der Waals surface area (Å²) in [6.45, 7) is 1.88. The molecule has 22 heteroatoms. The van der Waals surface area contributed by atoms with Crippen molar-refractivity contribution in [2.45, 2.75) is 24.0 Å². The van der Waals surface area contributed by atoms with E-state index in [9.17, 15) is 48.3 Å². The molecule has 3 atom stereocenters. The number of thiocarbonyl (C=S) groups is 1. The van der Waals surface area contributed by atoms with E-state index in [-0.39, 0.29) is 52.9 Å². The summed E-state index contributed by atoms with van der Waals surface area (Å²) in [5, 5.41) is 23.4. The number of amides is 7. The monoisotopic (exact) mass is 719 g/mol. The highest BCUT2D eigenvalue weighted by Crippen LogP contribution is 2.45. The van der Waals surface area contributed by atoms with Gasteiger partial charge in [0.15, 0.2) is 5.82 Å². The number of imide groups is 1. The molecule has 5 N–H and O–H groups in total. The minimum atomic E-state index is -2.20. The van der Waals surface area contributed by atoms with Crippen LogP contribution in [0.3, 0.4) is 0 Å². The average Bonchev–Trinajstić information content (AvgIpc) is 3.60. The van der Waals surface area contributed by atoms with E-state index in [1.54, 1.807) is 18.4 Å². The van der Waals surface area contributed by atoms with Gasteiger partial charge in [-0.3, -0.25) is 47.9 Å². The SMILES string of the molecule is CCN1CCN(C(=O)NC(C(=O)N[C@]2(NC=O)C(=O)N3C(C(=O)O)=C(C(=S)c4n[nH]c(=O)c(=O)n4C)CS[C@H]32)c2cccs2)C(=O)C1=O. The van der Waals surface area contributed by atoms with E-state index in [0.29, 0.717) is 4.90 Å². The Balaban J connectivity index is 1.44. The molecule has 2 aromatic rings. The zero-order valence-electron chi connectivity index (χ0n) is 24.9. The Kier molecular flexibility index (Phi) is 9.33. The number of hydrogen-bond acceptors (Lipinski definition) is 13. The molecule has 2 fully saturated rings. The number of hydrogen-bond donors (Lipinski definition) is 5. The fourth-order valence-electron chi connectivity index (χ4n) is 5.28. The first-order chi connectivity index (χ1) is 22.8. The molecule has 0 radical (unpaired) electrons. The molecule has 19 nitrogen and oxygen atoms in total. The molecule has 252 valence electrons. The largest absolute Gasteiger partial charge is 0.477 e. The minimum absolute atomic E-state index is 0.0827. The molecule has 0 spiro atoms. The molecule has 7 amide bonds. The molecule has 0 aromatic carbocycles. The number of likely N-dealkylation sites (N-methyl/N-ethyl adjacent to an activating group) is 1. The zero-order valence-corrected chi connectivity index (χ0v) is 27.3. The van der Waals surface area contributed by atoms with E-state index >= 15 is 0 Å². The van der Waals surface area contributed by atoms with Gasteiger partial charge in [-0.15, -0.1) is 23.1 Å². The van der Waals surface area contributed by atoms with Gasteiger partial charge in [0, 0.05) is 42.9 Å². The van der Waals surface area contributed by atoms with Crippen molar-refractivity contribution in [1.29, 1.82) is 0 Å². The summed E-state index contributed by atoms with van der Waals surface area (Å²) in [6, 6.07) is 0.506. The van der Waals surface area contributed by atoms with Crippen LogP contribution in [0.2, 0.25) is 0 Å². The first-order valence-electron chi connectivity index (χ1n) is 13.9. The number of rotatable bonds is 10. The fourth-order valence-corrected chi connectivity index (χ4v) is 7.93. The van der Waals surface area contributed by atoms with E-state index in [1.165, 1.54) is 18.0 Å². The third-order valence-corrected chi connectivity index (χ3v) is 10.4. The highest BCUT2D eigenvalue weighted by atomic mass is 32.2. The molecule has 1 unspecified atom stereocenters. The number of aliphatic carboxylic acids is 1. The molecule has 2 saturated heterocycles. The normalized spacial score (nSPS) is 21.2. The second kappa shape index (κ2) is 13.1. The Morgan fingerprint density at radius 2 is 1.94 bits per heavy atom. The van der Waals surface area contributed by atoms with Crippen molar-refractivity contribution in [3.05, 3.63) is 60.2 Å². The highest BCUT2D eigenvalue weighted by Gasteiger charge is 2.66. The van der Waals surface area contributed by atoms with E-state index in [1.807, 2.05) is 5.10 Å². The number of nitrogens with one attached hydrogen (secondary N) is 4. The van der Waals surface area contributed by atoms with Crippen LogP contribution in [0.15, 0.2) is 38.4 Å². The van der Waals surface area contributed by atoms with Crippen molar-refractivity contribution in [3.63, 3.8) is 0 Å². The molecular formula is C26H25N9O10S3. The molecule has 0 saturated carbocycles. The van der Waals surface area contributed by atoms with Crippen LogP contribution >= 0.6 is 35.3 Å². The molecule has 5 heterocycles. The number of urea groups is 1. The van der Waals surface area contributed by atoms with Crippen molar-refractivity contribution in [3.8, 4) is 0 Å². The lowest BCUT2D eigenvalue weighted by atomic mass is 9.93. The maximum absolute atomic E-state index is 13.8. The summed E-state index contributed by atoms with van der Waals surface area (Å²) in [6.07, 6.45) is 0.136. The molecule has 5 rings (SSSR count). The number of carboxylic acid groups (broad SMARTS) is 1. The van der Waals surface area contributed by atoms with Crippen LogP contribution in [-0.2, 0) is 35.8 Å². The number of piperazine rings is 1. The number of β-lactam (4-membered cyclic amide) rings is 1. The molecular weight excluding hydrogens is 695 g/mol. The van der Waals surface area contributed by atoms with Crippen molar-refractivity contribution in [1.82, 2.24) is 45.4 Å². The Morgan fingerprint density at radius 1 is 1.21 bits per heavy atom. The Labute approximate surface area is 282 Å². The molecule has 3 aliphatic rings. The standard InChI is InChI=1S/C26H25N9O10S3/c1-3-33-6-7-34(21(41)20(33)40)25(45)28-13(12-5-4-8-47-12)17(37)29-26(27-10-36)23(44)35-14(22(42)43)11(9-48-24(26)35)15(46)16-30-31-18(38)19(39)32(16)2/h4-5,8,10,13,24H,3,6-7,9H2,1-2H3,(H,27,36)(H,28,45)(H,29,37)(H,31,38)(H,42,43)/t13?,24-,26+/m0/s1. The second-order valence-corrected chi connectivity index (χ2v) is 12.8. The summed E-state index contributed by atoms with van der Waals surface area (Å²) in [5.41, 5.74) is -4.95. The minimum Gasteiger partial charge on any atom is -0.477 e. The third kappa shape index (κ3) is 5.56. The lowest BCUT2D eigenvalue weighted by Gasteiger charge is -2.56. The smallest absolute Gasteiger partial charge is 0.353 e.